The molecular weight excluding hydrogens is 293 g/mol. The Morgan fingerprint density at radius 2 is 2.10 bits per heavy atom. The lowest BCUT2D eigenvalue weighted by Gasteiger charge is -2.18. The molecule has 1 aromatic heterocycles. The number of aryl methyl sites for hydroxylation is 1. The maximum Gasteiger partial charge on any atom is 0.406 e. The number of hydrogen-bond donors (Lipinski definition) is 0. The first-order valence-electron chi connectivity index (χ1n) is 6.22. The molecule has 1 aliphatic heterocycles. The zero-order valence-electron chi connectivity index (χ0n) is 11.1. The van der Waals surface area contributed by atoms with Crippen LogP contribution in [0.3, 0.4) is 0 Å². The average molecular weight is 308 g/mol. The van der Waals surface area contributed by atoms with Crippen LogP contribution in [0.1, 0.15) is 19.2 Å². The van der Waals surface area contributed by atoms with Crippen LogP contribution in [0.2, 0.25) is 0 Å². The Hall–Kier alpha value is -1.25. The van der Waals surface area contributed by atoms with Gasteiger partial charge in [0, 0.05) is 20.0 Å². The second-order valence-corrected chi connectivity index (χ2v) is 5.75. The van der Waals surface area contributed by atoms with E-state index in [1.54, 1.807) is 11.6 Å². The molecule has 0 radical (unpaired) electrons. The van der Waals surface area contributed by atoms with E-state index in [4.69, 9.17) is 0 Å². The summed E-state index contributed by atoms with van der Waals surface area (Å²) in [5, 5.41) is 7.99. The zero-order chi connectivity index (χ0) is 14.9. The fourth-order valence-corrected chi connectivity index (χ4v) is 3.16. The summed E-state index contributed by atoms with van der Waals surface area (Å²) in [5.74, 6) is 0.304. The Bertz CT molecular complexity index is 502. The summed E-state index contributed by atoms with van der Waals surface area (Å²) in [6.07, 6.45) is -3.24. The molecule has 1 aliphatic rings. The van der Waals surface area contributed by atoms with Gasteiger partial charge < -0.3 is 9.47 Å². The van der Waals surface area contributed by atoms with Crippen molar-refractivity contribution in [1.82, 2.24) is 19.7 Å². The van der Waals surface area contributed by atoms with Gasteiger partial charge in [0.1, 0.15) is 12.4 Å². The predicted octanol–water partition coefficient (Wildman–Crippen LogP) is 1.63. The van der Waals surface area contributed by atoms with Crippen molar-refractivity contribution in [3.8, 4) is 0 Å². The molecule has 2 rings (SSSR count). The summed E-state index contributed by atoms with van der Waals surface area (Å²) in [7, 11) is 1.79. The van der Waals surface area contributed by atoms with E-state index in [2.05, 4.69) is 10.2 Å². The van der Waals surface area contributed by atoms with Crippen molar-refractivity contribution in [3.63, 3.8) is 0 Å². The molecule has 2 heterocycles. The molecule has 1 atom stereocenters. The van der Waals surface area contributed by atoms with Crippen LogP contribution in [0.25, 0.3) is 0 Å². The highest BCUT2D eigenvalue weighted by Gasteiger charge is 2.40. The number of thioether (sulfide) groups is 1. The largest absolute Gasteiger partial charge is 0.406 e. The molecular formula is C11H15F3N4OS. The van der Waals surface area contributed by atoms with Gasteiger partial charge in [0.15, 0.2) is 5.16 Å². The molecule has 0 aliphatic carbocycles. The standard InChI is InChI=1S/C11H15F3N4OS/c1-3-8-15-16-10(17(8)2)20-7-4-5-18(9(7)19)6-11(12,13)14/h7H,3-6H2,1-2H3/t7-/m1/s1. The summed E-state index contributed by atoms with van der Waals surface area (Å²) in [6.45, 7) is 0.890. The van der Waals surface area contributed by atoms with Gasteiger partial charge in [0.25, 0.3) is 0 Å². The van der Waals surface area contributed by atoms with Crippen LogP contribution in [0.15, 0.2) is 5.16 Å². The van der Waals surface area contributed by atoms with E-state index in [9.17, 15) is 18.0 Å². The predicted molar refractivity (Wildman–Crippen MR) is 67.3 cm³/mol. The van der Waals surface area contributed by atoms with Crippen molar-refractivity contribution in [1.29, 1.82) is 0 Å². The average Bonchev–Trinajstić information content (AvgIpc) is 2.86. The van der Waals surface area contributed by atoms with Gasteiger partial charge in [-0.25, -0.2) is 0 Å². The number of carbonyl (C=O) groups excluding carboxylic acids is 1. The number of rotatable bonds is 4. The van der Waals surface area contributed by atoms with Crippen molar-refractivity contribution < 1.29 is 18.0 Å². The van der Waals surface area contributed by atoms with E-state index in [0.29, 0.717) is 18.0 Å². The molecule has 0 spiro atoms. The first-order valence-corrected chi connectivity index (χ1v) is 7.10. The fourth-order valence-electron chi connectivity index (χ4n) is 2.08. The van der Waals surface area contributed by atoms with Gasteiger partial charge in [0.05, 0.1) is 5.25 Å². The lowest BCUT2D eigenvalue weighted by atomic mass is 10.4. The van der Waals surface area contributed by atoms with E-state index in [1.807, 2.05) is 6.92 Å². The Morgan fingerprint density at radius 1 is 1.40 bits per heavy atom. The Morgan fingerprint density at radius 3 is 2.65 bits per heavy atom. The lowest BCUT2D eigenvalue weighted by Crippen LogP contribution is -2.36. The number of aromatic nitrogens is 3. The van der Waals surface area contributed by atoms with Gasteiger partial charge in [-0.2, -0.15) is 13.2 Å². The van der Waals surface area contributed by atoms with Crippen LogP contribution in [0, 0.1) is 0 Å². The van der Waals surface area contributed by atoms with Gasteiger partial charge >= 0.3 is 6.18 Å². The molecule has 5 nitrogen and oxygen atoms in total. The molecule has 0 N–H and O–H groups in total. The van der Waals surface area contributed by atoms with Gasteiger partial charge in [-0.05, 0) is 6.42 Å². The maximum absolute atomic E-state index is 12.3. The van der Waals surface area contributed by atoms with Crippen molar-refractivity contribution >= 4 is 17.7 Å². The normalized spacial score (nSPS) is 19.9. The summed E-state index contributed by atoms with van der Waals surface area (Å²) in [4.78, 5) is 12.8. The molecule has 1 fully saturated rings. The molecule has 112 valence electrons. The highest BCUT2D eigenvalue weighted by Crippen LogP contribution is 2.31. The van der Waals surface area contributed by atoms with E-state index >= 15 is 0 Å². The quantitative estimate of drug-likeness (QED) is 0.848. The van der Waals surface area contributed by atoms with Crippen molar-refractivity contribution in [2.24, 2.45) is 7.05 Å². The van der Waals surface area contributed by atoms with Crippen molar-refractivity contribution in [2.75, 3.05) is 13.1 Å². The van der Waals surface area contributed by atoms with Crippen LogP contribution in [0.5, 0.6) is 0 Å². The van der Waals surface area contributed by atoms with Gasteiger partial charge in [-0.3, -0.25) is 4.79 Å². The van der Waals surface area contributed by atoms with Crippen LogP contribution < -0.4 is 0 Å². The van der Waals surface area contributed by atoms with Crippen LogP contribution in [0.4, 0.5) is 13.2 Å². The molecule has 20 heavy (non-hydrogen) atoms. The van der Waals surface area contributed by atoms with Crippen LogP contribution in [-0.4, -0.2) is 50.1 Å². The van der Waals surface area contributed by atoms with Crippen molar-refractivity contribution in [3.05, 3.63) is 5.82 Å². The highest BCUT2D eigenvalue weighted by atomic mass is 32.2. The number of likely N-dealkylation sites (tertiary alicyclic amines) is 1. The number of carbonyl (C=O) groups is 1. The molecule has 0 saturated carbocycles. The van der Waals surface area contributed by atoms with Gasteiger partial charge in [-0.1, -0.05) is 18.7 Å². The molecule has 1 saturated heterocycles. The van der Waals surface area contributed by atoms with Gasteiger partial charge in [-0.15, -0.1) is 10.2 Å². The van der Waals surface area contributed by atoms with E-state index in [1.165, 1.54) is 11.8 Å². The van der Waals surface area contributed by atoms with Crippen LogP contribution in [-0.2, 0) is 18.3 Å². The number of alkyl halides is 3. The molecule has 0 aromatic carbocycles. The molecule has 1 amide bonds. The zero-order valence-corrected chi connectivity index (χ0v) is 12.0. The molecule has 1 aromatic rings. The fraction of sp³-hybridized carbons (Fsp3) is 0.727. The highest BCUT2D eigenvalue weighted by molar-refractivity contribution is 8.00. The third-order valence-corrected chi connectivity index (χ3v) is 4.40. The van der Waals surface area contributed by atoms with E-state index in [0.717, 1.165) is 10.7 Å². The first kappa shape index (κ1) is 15.1. The van der Waals surface area contributed by atoms with Crippen LogP contribution >= 0.6 is 11.8 Å². The maximum atomic E-state index is 12.3. The minimum Gasteiger partial charge on any atom is -0.333 e. The number of nitrogens with zero attached hydrogens (tertiary/aromatic N) is 4. The SMILES string of the molecule is CCc1nnc(S[C@@H]2CCN(CC(F)(F)F)C2=O)n1C. The van der Waals surface area contributed by atoms with E-state index < -0.39 is 23.9 Å². The minimum absolute atomic E-state index is 0.133. The smallest absolute Gasteiger partial charge is 0.333 e. The molecule has 0 unspecified atom stereocenters. The second-order valence-electron chi connectivity index (χ2n) is 4.58. The first-order chi connectivity index (χ1) is 9.31. The number of halogens is 3. The van der Waals surface area contributed by atoms with Crippen molar-refractivity contribution in [2.45, 2.75) is 36.3 Å². The summed E-state index contributed by atoms with van der Waals surface area (Å²) >= 11 is 1.18. The number of hydrogen-bond acceptors (Lipinski definition) is 4. The topological polar surface area (TPSA) is 51.0 Å². The second kappa shape index (κ2) is 5.63. The summed E-state index contributed by atoms with van der Waals surface area (Å²) in [6, 6.07) is 0. The molecule has 9 heteroatoms. The Kier molecular flexibility index (Phi) is 4.26. The summed E-state index contributed by atoms with van der Waals surface area (Å²) < 4.78 is 38.7. The summed E-state index contributed by atoms with van der Waals surface area (Å²) in [5.41, 5.74) is 0. The minimum atomic E-state index is -4.35. The monoisotopic (exact) mass is 308 g/mol. The van der Waals surface area contributed by atoms with E-state index in [-0.39, 0.29) is 6.54 Å². The Balaban J connectivity index is 2.01. The molecule has 0 bridgehead atoms. The third-order valence-electron chi connectivity index (χ3n) is 3.11. The van der Waals surface area contributed by atoms with Gasteiger partial charge in [0.2, 0.25) is 5.91 Å². The number of amides is 1. The lowest BCUT2D eigenvalue weighted by molar-refractivity contribution is -0.157. The Labute approximate surface area is 118 Å². The third kappa shape index (κ3) is 3.25.